The van der Waals surface area contributed by atoms with Crippen molar-refractivity contribution in [3.8, 4) is 5.75 Å². The Kier molecular flexibility index (Phi) is 6.48. The molecule has 1 fully saturated rings. The summed E-state index contributed by atoms with van der Waals surface area (Å²) in [7, 11) is 1.69. The zero-order valence-electron chi connectivity index (χ0n) is 16.2. The zero-order chi connectivity index (χ0) is 19.2. The molecule has 1 saturated heterocycles. The molecule has 0 aliphatic carbocycles. The number of hydrogen-bond acceptors (Lipinski definition) is 4. The van der Waals surface area contributed by atoms with E-state index in [1.165, 1.54) is 5.56 Å². The van der Waals surface area contributed by atoms with Gasteiger partial charge in [0.15, 0.2) is 0 Å². The number of carbonyl (C=O) groups is 1. The number of carbonyl (C=O) groups excluding carboxylic acids is 1. The largest absolute Gasteiger partial charge is 0.497 e. The smallest absolute Gasteiger partial charge is 0.224 e. The van der Waals surface area contributed by atoms with Crippen LogP contribution >= 0.6 is 0 Å². The molecule has 144 valence electrons. The van der Waals surface area contributed by atoms with Crippen molar-refractivity contribution < 1.29 is 9.53 Å². The number of amides is 1. The maximum atomic E-state index is 12.6. The minimum absolute atomic E-state index is 0.139. The number of piperazine rings is 1. The van der Waals surface area contributed by atoms with E-state index in [9.17, 15) is 4.79 Å². The molecule has 1 amide bonds. The Morgan fingerprint density at radius 2 is 1.70 bits per heavy atom. The highest BCUT2D eigenvalue weighted by Gasteiger charge is 2.26. The van der Waals surface area contributed by atoms with Gasteiger partial charge in [0.1, 0.15) is 5.75 Å². The molecule has 3 rings (SSSR count). The van der Waals surface area contributed by atoms with Gasteiger partial charge in [-0.15, -0.1) is 0 Å². The molecular formula is C22H29N3O2. The fourth-order valence-electron chi connectivity index (χ4n) is 3.61. The monoisotopic (exact) mass is 367 g/mol. The summed E-state index contributed by atoms with van der Waals surface area (Å²) in [6.45, 7) is 5.43. The predicted octanol–water partition coefficient (Wildman–Crippen LogP) is 2.99. The summed E-state index contributed by atoms with van der Waals surface area (Å²) in [5, 5.41) is 0. The lowest BCUT2D eigenvalue weighted by atomic mass is 10.0. The van der Waals surface area contributed by atoms with Crippen LogP contribution in [0.5, 0.6) is 5.75 Å². The van der Waals surface area contributed by atoms with Crippen LogP contribution in [0.25, 0.3) is 0 Å². The lowest BCUT2D eigenvalue weighted by Crippen LogP contribution is -2.49. The first-order chi connectivity index (χ1) is 13.1. The van der Waals surface area contributed by atoms with E-state index >= 15 is 0 Å². The number of methoxy groups -OCH3 is 1. The fraction of sp³-hybridized carbons (Fsp3) is 0.409. The summed E-state index contributed by atoms with van der Waals surface area (Å²) in [4.78, 5) is 17.0. The Balaban J connectivity index is 1.52. The number of ether oxygens (including phenoxy) is 1. The quantitative estimate of drug-likeness (QED) is 0.853. The molecule has 1 aliphatic rings. The molecule has 2 unspecified atom stereocenters. The highest BCUT2D eigenvalue weighted by Crippen LogP contribution is 2.25. The van der Waals surface area contributed by atoms with Gasteiger partial charge in [-0.3, -0.25) is 9.69 Å². The predicted molar refractivity (Wildman–Crippen MR) is 108 cm³/mol. The molecule has 2 N–H and O–H groups in total. The van der Waals surface area contributed by atoms with Crippen LogP contribution in [0.1, 0.15) is 36.6 Å². The number of nitrogens with two attached hydrogens (primary N) is 1. The van der Waals surface area contributed by atoms with Gasteiger partial charge in [0.25, 0.3) is 0 Å². The molecule has 2 aromatic carbocycles. The molecule has 5 nitrogen and oxygen atoms in total. The minimum atomic E-state index is -0.243. The van der Waals surface area contributed by atoms with Gasteiger partial charge in [-0.25, -0.2) is 0 Å². The Morgan fingerprint density at radius 3 is 2.37 bits per heavy atom. The van der Waals surface area contributed by atoms with Crippen molar-refractivity contribution in [2.75, 3.05) is 33.3 Å². The molecule has 0 spiro atoms. The number of benzene rings is 2. The second-order valence-corrected chi connectivity index (χ2v) is 7.09. The summed E-state index contributed by atoms with van der Waals surface area (Å²) in [6, 6.07) is 18.1. The van der Waals surface area contributed by atoms with Crippen molar-refractivity contribution in [1.29, 1.82) is 0 Å². The van der Waals surface area contributed by atoms with E-state index in [2.05, 4.69) is 24.0 Å². The Labute approximate surface area is 161 Å². The van der Waals surface area contributed by atoms with E-state index in [0.717, 1.165) is 37.5 Å². The maximum absolute atomic E-state index is 12.6. The van der Waals surface area contributed by atoms with Crippen molar-refractivity contribution >= 4 is 5.91 Å². The van der Waals surface area contributed by atoms with Crippen LogP contribution < -0.4 is 10.5 Å². The van der Waals surface area contributed by atoms with Gasteiger partial charge < -0.3 is 15.4 Å². The second-order valence-electron chi connectivity index (χ2n) is 7.09. The molecule has 27 heavy (non-hydrogen) atoms. The number of nitrogens with zero attached hydrogens (tertiary/aromatic N) is 2. The standard InChI is InChI=1S/C22H29N3O2/c1-17(19-9-6-10-20(15-19)27-2)24-11-13-25(14-12-24)22(26)16-21(23)18-7-4-3-5-8-18/h3-10,15,17,21H,11-14,16,23H2,1-2H3. The van der Waals surface area contributed by atoms with Gasteiger partial charge >= 0.3 is 0 Å². The van der Waals surface area contributed by atoms with E-state index in [0.29, 0.717) is 12.5 Å². The van der Waals surface area contributed by atoms with E-state index in [1.807, 2.05) is 47.4 Å². The first-order valence-corrected chi connectivity index (χ1v) is 9.55. The minimum Gasteiger partial charge on any atom is -0.497 e. The summed E-state index contributed by atoms with van der Waals surface area (Å²) in [5.74, 6) is 1.02. The van der Waals surface area contributed by atoms with Crippen LogP contribution in [0.3, 0.4) is 0 Å². The molecular weight excluding hydrogens is 338 g/mol. The maximum Gasteiger partial charge on any atom is 0.224 e. The van der Waals surface area contributed by atoms with Gasteiger partial charge in [0.2, 0.25) is 5.91 Å². The third kappa shape index (κ3) is 4.87. The van der Waals surface area contributed by atoms with Crippen LogP contribution in [0.15, 0.2) is 54.6 Å². The topological polar surface area (TPSA) is 58.8 Å². The molecule has 1 aliphatic heterocycles. The van der Waals surface area contributed by atoms with E-state index in [-0.39, 0.29) is 11.9 Å². The molecule has 0 radical (unpaired) electrons. The van der Waals surface area contributed by atoms with Gasteiger partial charge in [-0.1, -0.05) is 42.5 Å². The van der Waals surface area contributed by atoms with Crippen molar-refractivity contribution in [1.82, 2.24) is 9.80 Å². The summed E-state index contributed by atoms with van der Waals surface area (Å²) in [5.41, 5.74) is 8.46. The first-order valence-electron chi connectivity index (χ1n) is 9.55. The normalized spacial score (nSPS) is 17.4. The fourth-order valence-corrected chi connectivity index (χ4v) is 3.61. The van der Waals surface area contributed by atoms with E-state index < -0.39 is 0 Å². The van der Waals surface area contributed by atoms with Gasteiger partial charge in [-0.05, 0) is 30.2 Å². The van der Waals surface area contributed by atoms with Crippen molar-refractivity contribution in [3.05, 3.63) is 65.7 Å². The second kappa shape index (κ2) is 9.02. The highest BCUT2D eigenvalue weighted by atomic mass is 16.5. The SMILES string of the molecule is COc1cccc(C(C)N2CCN(C(=O)CC(N)c3ccccc3)CC2)c1. The van der Waals surface area contributed by atoms with Crippen LogP contribution in [-0.2, 0) is 4.79 Å². The highest BCUT2D eigenvalue weighted by molar-refractivity contribution is 5.77. The van der Waals surface area contributed by atoms with Crippen molar-refractivity contribution in [2.24, 2.45) is 5.73 Å². The molecule has 2 aromatic rings. The molecule has 2 atom stereocenters. The zero-order valence-corrected chi connectivity index (χ0v) is 16.2. The summed E-state index contributed by atoms with van der Waals surface area (Å²) >= 11 is 0. The molecule has 1 heterocycles. The molecule has 5 heteroatoms. The van der Waals surface area contributed by atoms with E-state index in [1.54, 1.807) is 7.11 Å². The lowest BCUT2D eigenvalue weighted by Gasteiger charge is -2.38. The van der Waals surface area contributed by atoms with Gasteiger partial charge in [0.05, 0.1) is 7.11 Å². The van der Waals surface area contributed by atoms with Gasteiger partial charge in [-0.2, -0.15) is 0 Å². The number of hydrogen-bond donors (Lipinski definition) is 1. The molecule has 0 saturated carbocycles. The average molecular weight is 367 g/mol. The van der Waals surface area contributed by atoms with E-state index in [4.69, 9.17) is 10.5 Å². The molecule has 0 aromatic heterocycles. The average Bonchev–Trinajstić information content (AvgIpc) is 2.74. The van der Waals surface area contributed by atoms with Crippen molar-refractivity contribution in [3.63, 3.8) is 0 Å². The lowest BCUT2D eigenvalue weighted by molar-refractivity contribution is -0.133. The van der Waals surface area contributed by atoms with Gasteiger partial charge in [0, 0.05) is 44.7 Å². The number of rotatable bonds is 6. The van der Waals surface area contributed by atoms with Crippen LogP contribution in [-0.4, -0.2) is 49.0 Å². The Hall–Kier alpha value is -2.37. The Morgan fingerprint density at radius 1 is 1.04 bits per heavy atom. The third-order valence-corrected chi connectivity index (χ3v) is 5.41. The van der Waals surface area contributed by atoms with Crippen molar-refractivity contribution in [2.45, 2.75) is 25.4 Å². The summed E-state index contributed by atoms with van der Waals surface area (Å²) < 4.78 is 5.33. The van der Waals surface area contributed by atoms with Crippen LogP contribution in [0.4, 0.5) is 0 Å². The van der Waals surface area contributed by atoms with Crippen LogP contribution in [0.2, 0.25) is 0 Å². The molecule has 0 bridgehead atoms. The van der Waals surface area contributed by atoms with Crippen LogP contribution in [0, 0.1) is 0 Å². The first kappa shape index (κ1) is 19.4. The summed E-state index contributed by atoms with van der Waals surface area (Å²) in [6.07, 6.45) is 0.357. The Bertz CT molecular complexity index is 742. The third-order valence-electron chi connectivity index (χ3n) is 5.41.